The Morgan fingerprint density at radius 3 is 2.20 bits per heavy atom. The number of rotatable bonds is 5. The van der Waals surface area contributed by atoms with Gasteiger partial charge in [0.1, 0.15) is 0 Å². The number of nitrogens with zero attached hydrogens (tertiary/aromatic N) is 2. The van der Waals surface area contributed by atoms with Gasteiger partial charge in [-0.3, -0.25) is 9.80 Å². The molecule has 1 heterocycles. The van der Waals surface area contributed by atoms with E-state index in [2.05, 4.69) is 65.4 Å². The minimum atomic E-state index is -0.358. The molecule has 1 N–H and O–H groups in total. The summed E-state index contributed by atoms with van der Waals surface area (Å²) in [4.78, 5) is 4.58. The van der Waals surface area contributed by atoms with Gasteiger partial charge in [-0.15, -0.1) is 0 Å². The van der Waals surface area contributed by atoms with Crippen molar-refractivity contribution < 1.29 is 9.84 Å². The van der Waals surface area contributed by atoms with Gasteiger partial charge in [0.2, 0.25) is 0 Å². The van der Waals surface area contributed by atoms with E-state index in [9.17, 15) is 5.11 Å². The number of likely N-dealkylation sites (N-methyl/N-ethyl adjacent to an activating group) is 1. The average molecular weight is 338 g/mol. The standard InChI is InChI=1S/C21H26N2O2/c1-22(14-16(24)15-23-10-12-25-13-11-23)21-19-8-4-2-6-17(19)18-7-3-5-9-20(18)21/h2-9,16,21,24H,10-15H2,1H3. The van der Waals surface area contributed by atoms with E-state index in [1.165, 1.54) is 22.3 Å². The second-order valence-electron chi connectivity index (χ2n) is 7.08. The molecule has 2 aromatic carbocycles. The number of aliphatic hydroxyl groups is 1. The largest absolute Gasteiger partial charge is 0.390 e. The van der Waals surface area contributed by atoms with Gasteiger partial charge in [-0.1, -0.05) is 48.5 Å². The fraction of sp³-hybridized carbons (Fsp3) is 0.429. The molecule has 1 atom stereocenters. The summed E-state index contributed by atoms with van der Waals surface area (Å²) in [7, 11) is 2.12. The first-order chi connectivity index (χ1) is 12.2. The molecule has 1 aliphatic heterocycles. The molecular formula is C21H26N2O2. The van der Waals surface area contributed by atoms with Crippen molar-refractivity contribution in [3.63, 3.8) is 0 Å². The lowest BCUT2D eigenvalue weighted by atomic mass is 10.0. The van der Waals surface area contributed by atoms with Gasteiger partial charge >= 0.3 is 0 Å². The highest BCUT2D eigenvalue weighted by atomic mass is 16.5. The Labute approximate surface area is 149 Å². The van der Waals surface area contributed by atoms with E-state index >= 15 is 0 Å². The molecule has 2 aromatic rings. The zero-order chi connectivity index (χ0) is 17.2. The quantitative estimate of drug-likeness (QED) is 0.908. The molecule has 0 aromatic heterocycles. The predicted molar refractivity (Wildman–Crippen MR) is 99.6 cm³/mol. The van der Waals surface area contributed by atoms with Crippen LogP contribution in [0, 0.1) is 0 Å². The van der Waals surface area contributed by atoms with Crippen molar-refractivity contribution in [2.45, 2.75) is 12.1 Å². The Morgan fingerprint density at radius 2 is 1.60 bits per heavy atom. The van der Waals surface area contributed by atoms with Crippen LogP contribution in [0.2, 0.25) is 0 Å². The number of ether oxygens (including phenoxy) is 1. The van der Waals surface area contributed by atoms with E-state index in [1.54, 1.807) is 0 Å². The van der Waals surface area contributed by atoms with Crippen molar-refractivity contribution in [1.29, 1.82) is 0 Å². The second kappa shape index (κ2) is 7.26. The maximum Gasteiger partial charge on any atom is 0.0794 e. The smallest absolute Gasteiger partial charge is 0.0794 e. The van der Waals surface area contributed by atoms with Crippen LogP contribution in [0.15, 0.2) is 48.5 Å². The third kappa shape index (κ3) is 3.35. The molecule has 2 aliphatic rings. The summed E-state index contributed by atoms with van der Waals surface area (Å²) >= 11 is 0. The van der Waals surface area contributed by atoms with Gasteiger partial charge in [-0.2, -0.15) is 0 Å². The predicted octanol–water partition coefficient (Wildman–Crippen LogP) is 2.38. The molecule has 4 heteroatoms. The van der Waals surface area contributed by atoms with Crippen LogP contribution in [0.1, 0.15) is 17.2 Å². The molecule has 1 saturated heterocycles. The van der Waals surface area contributed by atoms with Crippen molar-refractivity contribution in [3.8, 4) is 11.1 Å². The summed E-state index contributed by atoms with van der Waals surface area (Å²) in [6, 6.07) is 17.5. The Bertz CT molecular complexity index is 682. The van der Waals surface area contributed by atoms with Crippen molar-refractivity contribution in [3.05, 3.63) is 59.7 Å². The number of hydrogen-bond acceptors (Lipinski definition) is 4. The van der Waals surface area contributed by atoms with Crippen LogP contribution in [-0.4, -0.2) is 67.5 Å². The van der Waals surface area contributed by atoms with E-state index in [4.69, 9.17) is 4.74 Å². The van der Waals surface area contributed by atoms with Crippen molar-refractivity contribution >= 4 is 0 Å². The summed E-state index contributed by atoms with van der Waals surface area (Å²) in [5, 5.41) is 10.6. The molecular weight excluding hydrogens is 312 g/mol. The van der Waals surface area contributed by atoms with Gasteiger partial charge in [-0.05, 0) is 29.3 Å². The SMILES string of the molecule is CN(CC(O)CN1CCOCC1)C1c2ccccc2-c2ccccc21. The third-order valence-electron chi connectivity index (χ3n) is 5.31. The number of morpholine rings is 1. The van der Waals surface area contributed by atoms with E-state index in [0.29, 0.717) is 13.1 Å². The summed E-state index contributed by atoms with van der Waals surface area (Å²) in [5.74, 6) is 0. The van der Waals surface area contributed by atoms with Crippen molar-refractivity contribution in [1.82, 2.24) is 9.80 Å². The molecule has 132 valence electrons. The Morgan fingerprint density at radius 1 is 1.04 bits per heavy atom. The molecule has 0 saturated carbocycles. The number of benzene rings is 2. The molecule has 0 radical (unpaired) electrons. The van der Waals surface area contributed by atoms with E-state index in [1.807, 2.05) is 0 Å². The minimum Gasteiger partial charge on any atom is -0.390 e. The summed E-state index contributed by atoms with van der Waals surface area (Å²) in [6.07, 6.45) is -0.358. The Balaban J connectivity index is 1.50. The van der Waals surface area contributed by atoms with Crippen LogP contribution in [0.5, 0.6) is 0 Å². The Hall–Kier alpha value is -1.72. The Kier molecular flexibility index (Phi) is 4.86. The lowest BCUT2D eigenvalue weighted by Crippen LogP contribution is -2.44. The molecule has 1 fully saturated rings. The van der Waals surface area contributed by atoms with Crippen molar-refractivity contribution in [2.75, 3.05) is 46.4 Å². The van der Waals surface area contributed by atoms with E-state index in [0.717, 1.165) is 26.3 Å². The highest BCUT2D eigenvalue weighted by molar-refractivity contribution is 5.78. The third-order valence-corrected chi connectivity index (χ3v) is 5.31. The molecule has 4 rings (SSSR count). The number of hydrogen-bond donors (Lipinski definition) is 1. The van der Waals surface area contributed by atoms with Crippen LogP contribution >= 0.6 is 0 Å². The normalized spacial score (nSPS) is 19.0. The zero-order valence-corrected chi connectivity index (χ0v) is 14.8. The number of β-amino-alcohol motifs (C(OH)–C–C–N with tert-alkyl or cyclic N) is 1. The van der Waals surface area contributed by atoms with E-state index < -0.39 is 0 Å². The van der Waals surface area contributed by atoms with Gasteiger partial charge in [0, 0.05) is 26.2 Å². The maximum absolute atomic E-state index is 10.6. The minimum absolute atomic E-state index is 0.215. The topological polar surface area (TPSA) is 35.9 Å². The fourth-order valence-corrected chi connectivity index (χ4v) is 4.18. The monoisotopic (exact) mass is 338 g/mol. The van der Waals surface area contributed by atoms with Gasteiger partial charge in [0.05, 0.1) is 25.4 Å². The summed E-state index contributed by atoms with van der Waals surface area (Å²) < 4.78 is 5.39. The van der Waals surface area contributed by atoms with Crippen LogP contribution in [0.25, 0.3) is 11.1 Å². The summed E-state index contributed by atoms with van der Waals surface area (Å²) in [6.45, 7) is 4.73. The van der Waals surface area contributed by atoms with Crippen LogP contribution in [0.4, 0.5) is 0 Å². The number of aliphatic hydroxyl groups excluding tert-OH is 1. The lowest BCUT2D eigenvalue weighted by molar-refractivity contribution is 0.00698. The van der Waals surface area contributed by atoms with Gasteiger partial charge in [0.15, 0.2) is 0 Å². The molecule has 0 amide bonds. The molecule has 25 heavy (non-hydrogen) atoms. The molecule has 0 bridgehead atoms. The first-order valence-corrected chi connectivity index (χ1v) is 9.10. The molecule has 1 unspecified atom stereocenters. The molecule has 1 aliphatic carbocycles. The van der Waals surface area contributed by atoms with Crippen LogP contribution in [0.3, 0.4) is 0 Å². The highest BCUT2D eigenvalue weighted by Crippen LogP contribution is 2.45. The molecule has 4 nitrogen and oxygen atoms in total. The van der Waals surface area contributed by atoms with Crippen LogP contribution < -0.4 is 0 Å². The van der Waals surface area contributed by atoms with Crippen molar-refractivity contribution in [2.24, 2.45) is 0 Å². The van der Waals surface area contributed by atoms with Gasteiger partial charge < -0.3 is 9.84 Å². The molecule has 0 spiro atoms. The highest BCUT2D eigenvalue weighted by Gasteiger charge is 2.31. The van der Waals surface area contributed by atoms with Gasteiger partial charge in [-0.25, -0.2) is 0 Å². The van der Waals surface area contributed by atoms with E-state index in [-0.39, 0.29) is 12.1 Å². The second-order valence-corrected chi connectivity index (χ2v) is 7.08. The zero-order valence-electron chi connectivity index (χ0n) is 14.8. The first kappa shape index (κ1) is 16.7. The first-order valence-electron chi connectivity index (χ1n) is 9.10. The number of fused-ring (bicyclic) bond motifs is 3. The fourth-order valence-electron chi connectivity index (χ4n) is 4.18. The lowest BCUT2D eigenvalue weighted by Gasteiger charge is -2.32. The average Bonchev–Trinajstić information content (AvgIpc) is 2.97. The summed E-state index contributed by atoms with van der Waals surface area (Å²) in [5.41, 5.74) is 5.31. The van der Waals surface area contributed by atoms with Gasteiger partial charge in [0.25, 0.3) is 0 Å². The van der Waals surface area contributed by atoms with Crippen LogP contribution in [-0.2, 0) is 4.74 Å². The maximum atomic E-state index is 10.6.